The number of Topliss-reactive ketones (excluding diaryl/α,β-unsaturated/α-hetero) is 1. The monoisotopic (exact) mass is 413 g/mol. The van der Waals surface area contributed by atoms with Gasteiger partial charge in [0.1, 0.15) is 0 Å². The Morgan fingerprint density at radius 1 is 1.00 bits per heavy atom. The summed E-state index contributed by atoms with van der Waals surface area (Å²) in [7, 11) is 0. The van der Waals surface area contributed by atoms with Crippen molar-refractivity contribution in [2.75, 3.05) is 12.9 Å². The van der Waals surface area contributed by atoms with Crippen LogP contribution in [0.2, 0.25) is 0 Å². The molecule has 0 radical (unpaired) electrons. The molecule has 2 rings (SSSR count). The molecule has 0 saturated carbocycles. The van der Waals surface area contributed by atoms with Crippen LogP contribution in [0.5, 0.6) is 0 Å². The van der Waals surface area contributed by atoms with Crippen molar-refractivity contribution in [3.05, 3.63) is 65.2 Å². The molecule has 0 saturated heterocycles. The third-order valence-corrected chi connectivity index (χ3v) is 5.34. The van der Waals surface area contributed by atoms with Gasteiger partial charge < -0.3 is 10.1 Å². The number of thioether (sulfide) groups is 1. The second-order valence-corrected chi connectivity index (χ2v) is 7.58. The summed E-state index contributed by atoms with van der Waals surface area (Å²) in [6, 6.07) is 15.1. The summed E-state index contributed by atoms with van der Waals surface area (Å²) in [4.78, 5) is 37.1. The highest BCUT2D eigenvalue weighted by Gasteiger charge is 2.14. The smallest absolute Gasteiger partial charge is 0.306 e. The van der Waals surface area contributed by atoms with E-state index < -0.39 is 5.97 Å². The molecular weight excluding hydrogens is 386 g/mol. The quantitative estimate of drug-likeness (QED) is 0.356. The number of aryl methyl sites for hydroxylation is 1. The lowest BCUT2D eigenvalue weighted by molar-refractivity contribution is -0.148. The molecule has 0 aromatic heterocycles. The number of hydrogen-bond donors (Lipinski definition) is 1. The summed E-state index contributed by atoms with van der Waals surface area (Å²) in [5.41, 5.74) is 2.78. The second-order valence-electron chi connectivity index (χ2n) is 6.70. The Bertz CT molecular complexity index is 831. The Hall–Kier alpha value is -2.60. The SMILES string of the molecule is CCc1ccc(C(C)NC(=O)COC(=O)CCC(=O)c2ccc(SC)cc2)cc1. The van der Waals surface area contributed by atoms with Crippen molar-refractivity contribution in [3.63, 3.8) is 0 Å². The first-order valence-corrected chi connectivity index (χ1v) is 10.9. The van der Waals surface area contributed by atoms with Gasteiger partial charge in [-0.3, -0.25) is 14.4 Å². The second kappa shape index (κ2) is 11.4. The number of nitrogens with one attached hydrogen (secondary N) is 1. The molecule has 1 N–H and O–H groups in total. The van der Waals surface area contributed by atoms with E-state index in [-0.39, 0.29) is 37.2 Å². The highest BCUT2D eigenvalue weighted by atomic mass is 32.2. The Morgan fingerprint density at radius 2 is 1.66 bits per heavy atom. The predicted octanol–water partition coefficient (Wildman–Crippen LogP) is 4.35. The third kappa shape index (κ3) is 7.38. The molecule has 0 heterocycles. The number of rotatable bonds is 10. The van der Waals surface area contributed by atoms with E-state index in [4.69, 9.17) is 4.74 Å². The van der Waals surface area contributed by atoms with E-state index in [1.165, 1.54) is 5.56 Å². The minimum absolute atomic E-state index is 0.0512. The van der Waals surface area contributed by atoms with E-state index in [1.54, 1.807) is 23.9 Å². The summed E-state index contributed by atoms with van der Waals surface area (Å²) < 4.78 is 4.99. The number of esters is 1. The van der Waals surface area contributed by atoms with Gasteiger partial charge in [0.2, 0.25) is 0 Å². The highest BCUT2D eigenvalue weighted by Crippen LogP contribution is 2.16. The molecule has 2 aromatic carbocycles. The molecule has 29 heavy (non-hydrogen) atoms. The Morgan fingerprint density at radius 3 is 2.24 bits per heavy atom. The molecule has 154 valence electrons. The van der Waals surface area contributed by atoms with Gasteiger partial charge in [-0.1, -0.05) is 43.3 Å². The van der Waals surface area contributed by atoms with E-state index >= 15 is 0 Å². The third-order valence-electron chi connectivity index (χ3n) is 4.60. The molecule has 0 aliphatic heterocycles. The lowest BCUT2D eigenvalue weighted by atomic mass is 10.1. The first-order chi connectivity index (χ1) is 13.9. The van der Waals surface area contributed by atoms with Crippen LogP contribution in [-0.4, -0.2) is 30.5 Å². The summed E-state index contributed by atoms with van der Waals surface area (Å²) in [5.74, 6) is -1.05. The van der Waals surface area contributed by atoms with Crippen molar-refractivity contribution >= 4 is 29.4 Å². The fourth-order valence-electron chi connectivity index (χ4n) is 2.76. The van der Waals surface area contributed by atoms with Gasteiger partial charge in [-0.15, -0.1) is 11.8 Å². The van der Waals surface area contributed by atoms with Gasteiger partial charge in [0.25, 0.3) is 5.91 Å². The lowest BCUT2D eigenvalue weighted by Gasteiger charge is -2.15. The topological polar surface area (TPSA) is 72.5 Å². The molecule has 0 aliphatic rings. The molecular formula is C23H27NO4S. The maximum absolute atomic E-state index is 12.1. The van der Waals surface area contributed by atoms with Gasteiger partial charge in [0.05, 0.1) is 12.5 Å². The number of ketones is 1. The molecule has 0 fully saturated rings. The van der Waals surface area contributed by atoms with Crippen LogP contribution in [0.1, 0.15) is 54.2 Å². The number of carbonyl (C=O) groups is 3. The molecule has 0 spiro atoms. The molecule has 5 nitrogen and oxygen atoms in total. The molecule has 2 aromatic rings. The minimum atomic E-state index is -0.561. The normalized spacial score (nSPS) is 11.6. The summed E-state index contributed by atoms with van der Waals surface area (Å²) in [5, 5.41) is 2.81. The molecule has 0 bridgehead atoms. The average molecular weight is 414 g/mol. The van der Waals surface area contributed by atoms with Crippen LogP contribution in [0.25, 0.3) is 0 Å². The summed E-state index contributed by atoms with van der Waals surface area (Å²) >= 11 is 1.60. The predicted molar refractivity (Wildman–Crippen MR) is 115 cm³/mol. The fraction of sp³-hybridized carbons (Fsp3) is 0.348. The maximum atomic E-state index is 12.1. The lowest BCUT2D eigenvalue weighted by Crippen LogP contribution is -2.31. The molecule has 1 unspecified atom stereocenters. The number of carbonyl (C=O) groups excluding carboxylic acids is 3. The average Bonchev–Trinajstić information content (AvgIpc) is 2.76. The van der Waals surface area contributed by atoms with E-state index in [9.17, 15) is 14.4 Å². The van der Waals surface area contributed by atoms with Crippen LogP contribution in [0.4, 0.5) is 0 Å². The maximum Gasteiger partial charge on any atom is 0.306 e. The van der Waals surface area contributed by atoms with Crippen LogP contribution in [0, 0.1) is 0 Å². The van der Waals surface area contributed by atoms with Crippen LogP contribution >= 0.6 is 11.8 Å². The minimum Gasteiger partial charge on any atom is -0.456 e. The van der Waals surface area contributed by atoms with Crippen molar-refractivity contribution in [1.82, 2.24) is 5.32 Å². The van der Waals surface area contributed by atoms with Gasteiger partial charge in [-0.05, 0) is 42.9 Å². The zero-order valence-corrected chi connectivity index (χ0v) is 17.9. The number of hydrogen-bond acceptors (Lipinski definition) is 5. The van der Waals surface area contributed by atoms with Crippen LogP contribution in [0.15, 0.2) is 53.4 Å². The van der Waals surface area contributed by atoms with Gasteiger partial charge in [-0.2, -0.15) is 0 Å². The zero-order chi connectivity index (χ0) is 21.2. The van der Waals surface area contributed by atoms with Crippen LogP contribution in [0.3, 0.4) is 0 Å². The highest BCUT2D eigenvalue weighted by molar-refractivity contribution is 7.98. The van der Waals surface area contributed by atoms with Crippen molar-refractivity contribution in [3.8, 4) is 0 Å². The zero-order valence-electron chi connectivity index (χ0n) is 17.1. The molecule has 1 amide bonds. The Kier molecular flexibility index (Phi) is 8.93. The van der Waals surface area contributed by atoms with Crippen molar-refractivity contribution < 1.29 is 19.1 Å². The Balaban J connectivity index is 1.71. The van der Waals surface area contributed by atoms with Gasteiger partial charge >= 0.3 is 5.97 Å². The first kappa shape index (κ1) is 22.7. The largest absolute Gasteiger partial charge is 0.456 e. The van der Waals surface area contributed by atoms with Gasteiger partial charge in [0.15, 0.2) is 12.4 Å². The van der Waals surface area contributed by atoms with Gasteiger partial charge in [0, 0.05) is 16.9 Å². The van der Waals surface area contributed by atoms with Crippen molar-refractivity contribution in [1.29, 1.82) is 0 Å². The molecule has 0 aliphatic carbocycles. The first-order valence-electron chi connectivity index (χ1n) is 9.64. The number of amides is 1. The summed E-state index contributed by atoms with van der Waals surface area (Å²) in [6.45, 7) is 3.61. The van der Waals surface area contributed by atoms with E-state index in [0.717, 1.165) is 16.9 Å². The number of ether oxygens (including phenoxy) is 1. The fourth-order valence-corrected chi connectivity index (χ4v) is 3.17. The Labute approximate surface area is 176 Å². The van der Waals surface area contributed by atoms with Crippen molar-refractivity contribution in [2.45, 2.75) is 44.0 Å². The van der Waals surface area contributed by atoms with Crippen LogP contribution in [-0.2, 0) is 20.7 Å². The van der Waals surface area contributed by atoms with E-state index in [2.05, 4.69) is 12.2 Å². The van der Waals surface area contributed by atoms with Gasteiger partial charge in [-0.25, -0.2) is 0 Å². The molecule has 6 heteroatoms. The van der Waals surface area contributed by atoms with E-state index in [0.29, 0.717) is 5.56 Å². The van der Waals surface area contributed by atoms with E-state index in [1.807, 2.05) is 49.6 Å². The molecule has 1 atom stereocenters. The summed E-state index contributed by atoms with van der Waals surface area (Å²) in [6.07, 6.45) is 2.93. The van der Waals surface area contributed by atoms with Crippen molar-refractivity contribution in [2.24, 2.45) is 0 Å². The number of benzene rings is 2. The standard InChI is InChI=1S/C23H27NO4S/c1-4-17-5-7-18(8-6-17)16(2)24-22(26)15-28-23(27)14-13-21(25)19-9-11-20(29-3)12-10-19/h5-12,16H,4,13-15H2,1-3H3,(H,24,26). The van der Waals surface area contributed by atoms with Crippen LogP contribution < -0.4 is 5.32 Å².